The Morgan fingerprint density at radius 3 is 2.50 bits per heavy atom. The molecule has 0 unspecified atom stereocenters. The Bertz CT molecular complexity index is 551. The zero-order valence-electron chi connectivity index (χ0n) is 14.8. The van der Waals surface area contributed by atoms with Crippen molar-refractivity contribution < 1.29 is 4.79 Å². The maximum atomic E-state index is 12.6. The van der Waals surface area contributed by atoms with E-state index in [0.717, 1.165) is 24.3 Å². The van der Waals surface area contributed by atoms with Crippen molar-refractivity contribution in [3.05, 3.63) is 29.8 Å². The number of carbonyl (C=O) groups excluding carboxylic acids is 1. The highest BCUT2D eigenvalue weighted by Gasteiger charge is 2.29. The molecule has 5 heteroatoms. The van der Waals surface area contributed by atoms with E-state index in [4.69, 9.17) is 0 Å². The van der Waals surface area contributed by atoms with Crippen molar-refractivity contribution in [2.75, 3.05) is 43.0 Å². The first-order valence-corrected chi connectivity index (χ1v) is 10.2. The van der Waals surface area contributed by atoms with Crippen molar-refractivity contribution in [1.82, 2.24) is 9.80 Å². The van der Waals surface area contributed by atoms with Gasteiger partial charge in [-0.25, -0.2) is 0 Å². The SMILES string of the molecule is Cc1ccccc1NC(=O)[C@H](C)N1CCC(N2CCSCC2)CC1. The van der Waals surface area contributed by atoms with E-state index in [1.165, 1.54) is 37.4 Å². The molecule has 2 aliphatic heterocycles. The van der Waals surface area contributed by atoms with Crippen molar-refractivity contribution in [3.63, 3.8) is 0 Å². The van der Waals surface area contributed by atoms with Gasteiger partial charge in [0.05, 0.1) is 6.04 Å². The predicted molar refractivity (Wildman–Crippen MR) is 103 cm³/mol. The fraction of sp³-hybridized carbons (Fsp3) is 0.632. The van der Waals surface area contributed by atoms with Crippen LogP contribution in [0.3, 0.4) is 0 Å². The smallest absolute Gasteiger partial charge is 0.241 e. The summed E-state index contributed by atoms with van der Waals surface area (Å²) >= 11 is 2.07. The van der Waals surface area contributed by atoms with Gasteiger partial charge in [-0.1, -0.05) is 18.2 Å². The number of anilines is 1. The van der Waals surface area contributed by atoms with Crippen molar-refractivity contribution in [3.8, 4) is 0 Å². The van der Waals surface area contributed by atoms with E-state index in [-0.39, 0.29) is 11.9 Å². The van der Waals surface area contributed by atoms with Crippen LogP contribution in [0.5, 0.6) is 0 Å². The monoisotopic (exact) mass is 347 g/mol. The van der Waals surface area contributed by atoms with Gasteiger partial charge in [-0.2, -0.15) is 11.8 Å². The number of hydrogen-bond acceptors (Lipinski definition) is 4. The van der Waals surface area contributed by atoms with Gasteiger partial charge >= 0.3 is 0 Å². The molecule has 4 nitrogen and oxygen atoms in total. The van der Waals surface area contributed by atoms with Crippen LogP contribution in [-0.4, -0.2) is 65.5 Å². The van der Waals surface area contributed by atoms with E-state index < -0.39 is 0 Å². The number of carbonyl (C=O) groups is 1. The molecular formula is C19H29N3OS. The molecule has 1 aromatic rings. The van der Waals surface area contributed by atoms with Gasteiger partial charge in [0.15, 0.2) is 0 Å². The summed E-state index contributed by atoms with van der Waals surface area (Å²) in [4.78, 5) is 17.6. The zero-order chi connectivity index (χ0) is 16.9. The first kappa shape index (κ1) is 17.8. The van der Waals surface area contributed by atoms with Gasteiger partial charge in [0.2, 0.25) is 5.91 Å². The molecule has 132 valence electrons. The van der Waals surface area contributed by atoms with Gasteiger partial charge in [-0.15, -0.1) is 0 Å². The molecule has 1 atom stereocenters. The molecule has 1 aromatic carbocycles. The molecule has 0 saturated carbocycles. The van der Waals surface area contributed by atoms with Gasteiger partial charge in [-0.3, -0.25) is 14.6 Å². The summed E-state index contributed by atoms with van der Waals surface area (Å²) in [6, 6.07) is 8.62. The third-order valence-corrected chi connectivity index (χ3v) is 6.33. The minimum atomic E-state index is -0.0672. The number of benzene rings is 1. The Morgan fingerprint density at radius 1 is 1.17 bits per heavy atom. The lowest BCUT2D eigenvalue weighted by Gasteiger charge is -2.41. The quantitative estimate of drug-likeness (QED) is 0.908. The van der Waals surface area contributed by atoms with E-state index in [0.29, 0.717) is 6.04 Å². The number of amides is 1. The molecule has 2 saturated heterocycles. The molecule has 2 aliphatic rings. The maximum absolute atomic E-state index is 12.6. The topological polar surface area (TPSA) is 35.6 Å². The molecule has 0 aliphatic carbocycles. The molecule has 24 heavy (non-hydrogen) atoms. The van der Waals surface area contributed by atoms with Gasteiger partial charge in [0.1, 0.15) is 0 Å². The Kier molecular flexibility index (Phi) is 6.19. The molecule has 0 radical (unpaired) electrons. The average Bonchev–Trinajstić information content (AvgIpc) is 2.64. The van der Waals surface area contributed by atoms with Crippen LogP contribution in [0, 0.1) is 6.92 Å². The largest absolute Gasteiger partial charge is 0.324 e. The Morgan fingerprint density at radius 2 is 1.83 bits per heavy atom. The predicted octanol–water partition coefficient (Wildman–Crippen LogP) is 2.84. The summed E-state index contributed by atoms with van der Waals surface area (Å²) in [5.41, 5.74) is 2.04. The van der Waals surface area contributed by atoms with Crippen molar-refractivity contribution in [2.45, 2.75) is 38.8 Å². The molecule has 2 fully saturated rings. The second kappa shape index (κ2) is 8.37. The van der Waals surface area contributed by atoms with E-state index in [2.05, 4.69) is 26.9 Å². The summed E-state index contributed by atoms with van der Waals surface area (Å²) in [5.74, 6) is 2.65. The summed E-state index contributed by atoms with van der Waals surface area (Å²) in [6.45, 7) is 8.58. The van der Waals surface area contributed by atoms with E-state index >= 15 is 0 Å². The number of aryl methyl sites for hydroxylation is 1. The third-order valence-electron chi connectivity index (χ3n) is 5.39. The maximum Gasteiger partial charge on any atom is 0.241 e. The second-order valence-corrected chi connectivity index (χ2v) is 8.12. The number of nitrogens with one attached hydrogen (secondary N) is 1. The molecule has 0 spiro atoms. The molecule has 0 bridgehead atoms. The highest BCUT2D eigenvalue weighted by molar-refractivity contribution is 7.99. The van der Waals surface area contributed by atoms with Crippen LogP contribution >= 0.6 is 11.8 Å². The number of thioether (sulfide) groups is 1. The van der Waals surface area contributed by atoms with Crippen LogP contribution in [0.15, 0.2) is 24.3 Å². The average molecular weight is 348 g/mol. The van der Waals surface area contributed by atoms with Gasteiger partial charge in [0.25, 0.3) is 0 Å². The minimum absolute atomic E-state index is 0.0672. The number of piperidine rings is 1. The minimum Gasteiger partial charge on any atom is -0.324 e. The lowest BCUT2D eigenvalue weighted by Crippen LogP contribution is -2.51. The summed E-state index contributed by atoms with van der Waals surface area (Å²) in [5, 5.41) is 3.09. The standard InChI is InChI=1S/C19H29N3OS/c1-15-5-3-4-6-18(15)20-19(23)16(2)21-9-7-17(8-10-21)22-11-13-24-14-12-22/h3-6,16-17H,7-14H2,1-2H3,(H,20,23)/t16-/m0/s1. The van der Waals surface area contributed by atoms with Crippen molar-refractivity contribution in [1.29, 1.82) is 0 Å². The number of hydrogen-bond donors (Lipinski definition) is 1. The van der Waals surface area contributed by atoms with E-state index in [1.54, 1.807) is 0 Å². The van der Waals surface area contributed by atoms with E-state index in [1.807, 2.05) is 38.1 Å². The molecule has 1 amide bonds. The fourth-order valence-corrected chi connectivity index (χ4v) is 4.63. The lowest BCUT2D eigenvalue weighted by atomic mass is 10.0. The van der Waals surface area contributed by atoms with Crippen molar-refractivity contribution >= 4 is 23.4 Å². The first-order valence-electron chi connectivity index (χ1n) is 9.07. The molecular weight excluding hydrogens is 318 g/mol. The molecule has 1 N–H and O–H groups in total. The summed E-state index contributed by atoms with van der Waals surface area (Å²) < 4.78 is 0. The Balaban J connectivity index is 1.50. The first-order chi connectivity index (χ1) is 11.6. The van der Waals surface area contributed by atoms with Gasteiger partial charge in [0, 0.05) is 49.4 Å². The number of likely N-dealkylation sites (tertiary alicyclic amines) is 1. The van der Waals surface area contributed by atoms with Crippen LogP contribution in [0.25, 0.3) is 0 Å². The van der Waals surface area contributed by atoms with Crippen molar-refractivity contribution in [2.24, 2.45) is 0 Å². The number of rotatable bonds is 4. The Labute approximate surface area is 150 Å². The van der Waals surface area contributed by atoms with Crippen LogP contribution < -0.4 is 5.32 Å². The van der Waals surface area contributed by atoms with Crippen LogP contribution in [0.2, 0.25) is 0 Å². The second-order valence-electron chi connectivity index (χ2n) is 6.90. The Hall–Kier alpha value is -1.04. The van der Waals surface area contributed by atoms with Crippen LogP contribution in [0.4, 0.5) is 5.69 Å². The van der Waals surface area contributed by atoms with Gasteiger partial charge in [-0.05, 0) is 38.3 Å². The molecule has 0 aromatic heterocycles. The summed E-state index contributed by atoms with van der Waals surface area (Å²) in [6.07, 6.45) is 2.37. The molecule has 2 heterocycles. The lowest BCUT2D eigenvalue weighted by molar-refractivity contribution is -0.121. The van der Waals surface area contributed by atoms with Crippen LogP contribution in [0.1, 0.15) is 25.3 Å². The normalized spacial score (nSPS) is 22.2. The van der Waals surface area contributed by atoms with Gasteiger partial charge < -0.3 is 5.32 Å². The number of nitrogens with zero attached hydrogens (tertiary/aromatic N) is 2. The highest BCUT2D eigenvalue weighted by Crippen LogP contribution is 2.22. The molecule has 3 rings (SSSR count). The number of para-hydroxylation sites is 1. The summed E-state index contributed by atoms with van der Waals surface area (Å²) in [7, 11) is 0. The zero-order valence-corrected chi connectivity index (χ0v) is 15.6. The van der Waals surface area contributed by atoms with E-state index in [9.17, 15) is 4.79 Å². The van der Waals surface area contributed by atoms with Crippen LogP contribution in [-0.2, 0) is 4.79 Å². The fourth-order valence-electron chi connectivity index (χ4n) is 3.70. The third kappa shape index (κ3) is 4.32. The highest BCUT2D eigenvalue weighted by atomic mass is 32.2.